The van der Waals surface area contributed by atoms with Crippen molar-refractivity contribution in [2.75, 3.05) is 19.8 Å². The number of carbonyl (C=O) groups is 2. The van der Waals surface area contributed by atoms with Gasteiger partial charge in [-0.2, -0.15) is 0 Å². The van der Waals surface area contributed by atoms with Gasteiger partial charge in [-0.15, -0.1) is 0 Å². The first-order chi connectivity index (χ1) is 14.7. The topological polar surface area (TPSA) is 98.8 Å². The zero-order chi connectivity index (χ0) is 22.9. The smallest absolute Gasteiger partial charge is 0.370 e. The summed E-state index contributed by atoms with van der Waals surface area (Å²) in [7, 11) is 0. The number of hydrogen-bond donors (Lipinski definition) is 0. The molecule has 0 aliphatic carbocycles. The fourth-order valence-electron chi connectivity index (χ4n) is 4.19. The minimum Gasteiger partial charge on any atom is -0.459 e. The van der Waals surface area contributed by atoms with Gasteiger partial charge < -0.3 is 33.2 Å². The lowest BCUT2D eigenvalue weighted by molar-refractivity contribution is -0.343. The number of rotatable bonds is 9. The van der Waals surface area contributed by atoms with Gasteiger partial charge in [0.15, 0.2) is 17.7 Å². The van der Waals surface area contributed by atoms with E-state index in [-0.39, 0.29) is 25.4 Å². The maximum absolute atomic E-state index is 13.2. The van der Waals surface area contributed by atoms with Crippen LogP contribution in [0, 0.1) is 0 Å². The Morgan fingerprint density at radius 2 is 1.55 bits per heavy atom. The van der Waals surface area contributed by atoms with Crippen molar-refractivity contribution in [3.05, 3.63) is 12.2 Å². The van der Waals surface area contributed by atoms with Crippen LogP contribution in [0.25, 0.3) is 0 Å². The quantitative estimate of drug-likeness (QED) is 0.303. The molecule has 0 saturated carbocycles. The normalized spacial score (nSPS) is 32.7. The standard InChI is InChI=1S/C22H34O9/c1-7-20(8-2)27-13-15-16(29-20)17-22(28-15,31-21(9-3,10-4)30-17)19(24)26-12-11-25-18(23)14(5)6/h15-17H,5,7-13H2,1-4,6H3. The first kappa shape index (κ1) is 24.1. The minimum atomic E-state index is -1.76. The van der Waals surface area contributed by atoms with Gasteiger partial charge >= 0.3 is 17.7 Å². The van der Waals surface area contributed by atoms with Crippen molar-refractivity contribution in [1.82, 2.24) is 0 Å². The van der Waals surface area contributed by atoms with Gasteiger partial charge in [0.1, 0.15) is 25.4 Å². The van der Waals surface area contributed by atoms with Crippen LogP contribution in [0.5, 0.6) is 0 Å². The molecule has 0 radical (unpaired) electrons. The summed E-state index contributed by atoms with van der Waals surface area (Å²) >= 11 is 0. The van der Waals surface area contributed by atoms with Crippen LogP contribution >= 0.6 is 0 Å². The lowest BCUT2D eigenvalue weighted by Crippen LogP contribution is -2.54. The first-order valence-electron chi connectivity index (χ1n) is 11.1. The molecule has 4 unspecified atom stereocenters. The van der Waals surface area contributed by atoms with Crippen molar-refractivity contribution >= 4 is 11.9 Å². The predicted octanol–water partition coefficient (Wildman–Crippen LogP) is 2.61. The number of fused-ring (bicyclic) bond motifs is 3. The Morgan fingerprint density at radius 1 is 0.935 bits per heavy atom. The van der Waals surface area contributed by atoms with Crippen molar-refractivity contribution in [2.24, 2.45) is 0 Å². The molecule has 0 N–H and O–H groups in total. The molecule has 4 atom stereocenters. The molecule has 0 aromatic heterocycles. The van der Waals surface area contributed by atoms with Crippen LogP contribution in [-0.2, 0) is 42.7 Å². The lowest BCUT2D eigenvalue weighted by Gasteiger charge is -2.42. The van der Waals surface area contributed by atoms with Gasteiger partial charge in [-0.25, -0.2) is 9.59 Å². The predicted molar refractivity (Wildman–Crippen MR) is 108 cm³/mol. The van der Waals surface area contributed by atoms with Crippen molar-refractivity contribution in [3.8, 4) is 0 Å². The van der Waals surface area contributed by atoms with Crippen molar-refractivity contribution < 1.29 is 42.7 Å². The highest BCUT2D eigenvalue weighted by molar-refractivity contribution is 5.87. The molecule has 0 aromatic carbocycles. The zero-order valence-corrected chi connectivity index (χ0v) is 19.1. The van der Waals surface area contributed by atoms with Crippen LogP contribution in [0.15, 0.2) is 12.2 Å². The van der Waals surface area contributed by atoms with Gasteiger partial charge in [-0.05, 0) is 32.6 Å². The third kappa shape index (κ3) is 4.26. The second-order valence-corrected chi connectivity index (χ2v) is 8.15. The van der Waals surface area contributed by atoms with Crippen LogP contribution in [0.2, 0.25) is 0 Å². The van der Waals surface area contributed by atoms with E-state index in [1.807, 2.05) is 27.7 Å². The summed E-state index contributed by atoms with van der Waals surface area (Å²) in [6.45, 7) is 12.9. The van der Waals surface area contributed by atoms with Crippen molar-refractivity contribution in [2.45, 2.75) is 96.0 Å². The molecule has 3 aliphatic rings. The van der Waals surface area contributed by atoms with E-state index in [4.69, 9.17) is 33.2 Å². The number of hydrogen-bond acceptors (Lipinski definition) is 9. The fraction of sp³-hybridized carbons (Fsp3) is 0.818. The van der Waals surface area contributed by atoms with E-state index in [1.54, 1.807) is 6.92 Å². The van der Waals surface area contributed by atoms with Crippen LogP contribution in [-0.4, -0.2) is 67.4 Å². The van der Waals surface area contributed by atoms with Crippen molar-refractivity contribution in [1.29, 1.82) is 0 Å². The fourth-order valence-corrected chi connectivity index (χ4v) is 4.19. The Kier molecular flexibility index (Phi) is 7.12. The molecule has 176 valence electrons. The van der Waals surface area contributed by atoms with Gasteiger partial charge in [0.05, 0.1) is 6.61 Å². The van der Waals surface area contributed by atoms with Gasteiger partial charge in [-0.3, -0.25) is 0 Å². The third-order valence-corrected chi connectivity index (χ3v) is 6.24. The summed E-state index contributed by atoms with van der Waals surface area (Å²) in [4.78, 5) is 24.7. The van der Waals surface area contributed by atoms with E-state index in [2.05, 4.69) is 6.58 Å². The monoisotopic (exact) mass is 442 g/mol. The first-order valence-corrected chi connectivity index (χ1v) is 11.1. The van der Waals surface area contributed by atoms with E-state index in [0.29, 0.717) is 25.7 Å². The molecule has 3 aliphatic heterocycles. The average Bonchev–Trinajstić information content (AvgIpc) is 3.27. The SMILES string of the molecule is C=C(C)C(=O)OCCOC(=O)C12OC3COC(CC)(CC)OC3C1OC(CC)(CC)O2. The molecule has 3 fully saturated rings. The molecule has 9 heteroatoms. The molecule has 3 rings (SSSR count). The second kappa shape index (κ2) is 9.15. The largest absolute Gasteiger partial charge is 0.459 e. The molecule has 0 spiro atoms. The average molecular weight is 443 g/mol. The van der Waals surface area contributed by atoms with Gasteiger partial charge in [0.25, 0.3) is 0 Å². The maximum Gasteiger partial charge on any atom is 0.370 e. The zero-order valence-electron chi connectivity index (χ0n) is 19.1. The highest BCUT2D eigenvalue weighted by atomic mass is 16.9. The Labute approximate surface area is 183 Å². The number of carbonyl (C=O) groups excluding carboxylic acids is 2. The van der Waals surface area contributed by atoms with Crippen LogP contribution in [0.4, 0.5) is 0 Å². The summed E-state index contributed by atoms with van der Waals surface area (Å²) in [6.07, 6.45) is 0.477. The summed E-state index contributed by atoms with van der Waals surface area (Å²) in [5, 5.41) is 0. The Balaban J connectivity index is 1.77. The molecule has 0 bridgehead atoms. The molecule has 9 nitrogen and oxygen atoms in total. The van der Waals surface area contributed by atoms with E-state index in [1.165, 1.54) is 0 Å². The van der Waals surface area contributed by atoms with Crippen LogP contribution < -0.4 is 0 Å². The molecule has 3 saturated heterocycles. The molecule has 3 heterocycles. The van der Waals surface area contributed by atoms with E-state index < -0.39 is 47.6 Å². The van der Waals surface area contributed by atoms with Crippen molar-refractivity contribution in [3.63, 3.8) is 0 Å². The van der Waals surface area contributed by atoms with E-state index in [0.717, 1.165) is 0 Å². The van der Waals surface area contributed by atoms with Gasteiger partial charge in [0.2, 0.25) is 0 Å². The molecule has 31 heavy (non-hydrogen) atoms. The minimum absolute atomic E-state index is 0.104. The van der Waals surface area contributed by atoms with Crippen LogP contribution in [0.3, 0.4) is 0 Å². The Bertz CT molecular complexity index is 697. The number of ether oxygens (including phenoxy) is 7. The summed E-state index contributed by atoms with van der Waals surface area (Å²) in [5.41, 5.74) is 0.267. The molecule has 0 aromatic rings. The van der Waals surface area contributed by atoms with E-state index in [9.17, 15) is 9.59 Å². The molecule has 0 amide bonds. The summed E-state index contributed by atoms with van der Waals surface area (Å²) < 4.78 is 41.2. The second-order valence-electron chi connectivity index (χ2n) is 8.15. The summed E-state index contributed by atoms with van der Waals surface area (Å²) in [5.74, 6) is -4.78. The van der Waals surface area contributed by atoms with Gasteiger partial charge in [0, 0.05) is 5.57 Å². The molecular formula is C22H34O9. The van der Waals surface area contributed by atoms with E-state index >= 15 is 0 Å². The number of esters is 2. The highest BCUT2D eigenvalue weighted by Gasteiger charge is 2.73. The third-order valence-electron chi connectivity index (χ3n) is 6.24. The van der Waals surface area contributed by atoms with Gasteiger partial charge in [-0.1, -0.05) is 34.3 Å². The Hall–Kier alpha value is -1.52. The molecular weight excluding hydrogens is 408 g/mol. The maximum atomic E-state index is 13.2. The highest BCUT2D eigenvalue weighted by Crippen LogP contribution is 2.52. The summed E-state index contributed by atoms with van der Waals surface area (Å²) in [6, 6.07) is 0. The van der Waals surface area contributed by atoms with Crippen LogP contribution in [0.1, 0.15) is 60.3 Å². The Morgan fingerprint density at radius 3 is 2.13 bits per heavy atom. The lowest BCUT2D eigenvalue weighted by atomic mass is 10.0.